The van der Waals surface area contributed by atoms with Gasteiger partial charge in [-0.05, 0) is 46.8 Å². The van der Waals surface area contributed by atoms with E-state index < -0.39 is 0 Å². The Morgan fingerprint density at radius 3 is 3.05 bits per heavy atom. The minimum Gasteiger partial charge on any atom is -0.384 e. The Morgan fingerprint density at radius 1 is 1.55 bits per heavy atom. The first kappa shape index (κ1) is 15.4. The highest BCUT2D eigenvalue weighted by molar-refractivity contribution is 9.10. The zero-order valence-electron chi connectivity index (χ0n) is 11.5. The maximum atomic E-state index is 10.9. The van der Waals surface area contributed by atoms with E-state index in [0.29, 0.717) is 10.4 Å². The molecule has 5 nitrogen and oxygen atoms in total. The molecule has 1 unspecified atom stereocenters. The molecular weight excluding hydrogens is 324 g/mol. The van der Waals surface area contributed by atoms with Crippen LogP contribution in [0, 0.1) is 16.0 Å². The lowest BCUT2D eigenvalue weighted by atomic mass is 9.98. The number of nitro groups is 1. The normalized spacial score (nSPS) is 20.0. The molecule has 1 atom stereocenters. The summed E-state index contributed by atoms with van der Waals surface area (Å²) >= 11 is 3.36. The number of nitrogens with zero attached hydrogens (tertiary/aromatic N) is 2. The Hall–Kier alpha value is -0.980. The summed E-state index contributed by atoms with van der Waals surface area (Å²) in [4.78, 5) is 12.9. The SMILES string of the molecule is COCC1CCCN(Cc2cccc([N+](=O)[O-])c2Br)C1. The van der Waals surface area contributed by atoms with Gasteiger partial charge in [-0.2, -0.15) is 0 Å². The standard InChI is InChI=1S/C14H19BrN2O3/c1-20-10-11-4-3-7-16(8-11)9-12-5-2-6-13(14(12)15)17(18)19/h2,5-6,11H,3-4,7-10H2,1H3. The molecule has 0 saturated carbocycles. The number of benzene rings is 1. The van der Waals surface area contributed by atoms with Gasteiger partial charge >= 0.3 is 0 Å². The van der Waals surface area contributed by atoms with Crippen molar-refractivity contribution in [1.29, 1.82) is 0 Å². The Morgan fingerprint density at radius 2 is 2.35 bits per heavy atom. The molecule has 1 heterocycles. The van der Waals surface area contributed by atoms with Crippen molar-refractivity contribution in [1.82, 2.24) is 4.90 Å². The molecule has 0 spiro atoms. The molecule has 1 fully saturated rings. The maximum Gasteiger partial charge on any atom is 0.283 e. The second kappa shape index (κ2) is 7.15. The summed E-state index contributed by atoms with van der Waals surface area (Å²) in [5.74, 6) is 0.561. The van der Waals surface area contributed by atoms with Crippen LogP contribution in [-0.4, -0.2) is 36.6 Å². The van der Waals surface area contributed by atoms with Crippen LogP contribution in [0.2, 0.25) is 0 Å². The molecule has 6 heteroatoms. The molecular formula is C14H19BrN2O3. The first-order chi connectivity index (χ1) is 9.61. The van der Waals surface area contributed by atoms with Gasteiger partial charge in [0.1, 0.15) is 0 Å². The minimum atomic E-state index is -0.350. The number of hydrogen-bond acceptors (Lipinski definition) is 4. The van der Waals surface area contributed by atoms with E-state index in [0.717, 1.165) is 38.2 Å². The summed E-state index contributed by atoms with van der Waals surface area (Å²) in [5, 5.41) is 10.9. The summed E-state index contributed by atoms with van der Waals surface area (Å²) in [7, 11) is 1.73. The van der Waals surface area contributed by atoms with Crippen LogP contribution in [0.5, 0.6) is 0 Å². The third-order valence-electron chi connectivity index (χ3n) is 3.65. The van der Waals surface area contributed by atoms with E-state index in [4.69, 9.17) is 4.74 Å². The van der Waals surface area contributed by atoms with Crippen LogP contribution in [0.4, 0.5) is 5.69 Å². The summed E-state index contributed by atoms with van der Waals surface area (Å²) in [6, 6.07) is 5.21. The van der Waals surface area contributed by atoms with E-state index in [1.165, 1.54) is 12.5 Å². The number of halogens is 1. The molecule has 0 amide bonds. The van der Waals surface area contributed by atoms with Crippen LogP contribution in [-0.2, 0) is 11.3 Å². The number of rotatable bonds is 5. The lowest BCUT2D eigenvalue weighted by Crippen LogP contribution is -2.36. The molecule has 0 radical (unpaired) electrons. The van der Waals surface area contributed by atoms with E-state index in [1.807, 2.05) is 6.07 Å². The molecule has 2 rings (SSSR count). The van der Waals surface area contributed by atoms with Crippen molar-refractivity contribution in [3.63, 3.8) is 0 Å². The predicted molar refractivity (Wildman–Crippen MR) is 80.7 cm³/mol. The van der Waals surface area contributed by atoms with Crippen LogP contribution >= 0.6 is 15.9 Å². The smallest absolute Gasteiger partial charge is 0.283 e. The zero-order chi connectivity index (χ0) is 14.5. The van der Waals surface area contributed by atoms with Gasteiger partial charge in [0, 0.05) is 26.3 Å². The third kappa shape index (κ3) is 3.77. The predicted octanol–water partition coefficient (Wildman–Crippen LogP) is 3.22. The van der Waals surface area contributed by atoms with Crippen molar-refractivity contribution >= 4 is 21.6 Å². The van der Waals surface area contributed by atoms with Crippen molar-refractivity contribution in [3.8, 4) is 0 Å². The van der Waals surface area contributed by atoms with Crippen molar-refractivity contribution < 1.29 is 9.66 Å². The van der Waals surface area contributed by atoms with E-state index in [9.17, 15) is 10.1 Å². The molecule has 0 N–H and O–H groups in total. The van der Waals surface area contributed by atoms with Gasteiger partial charge in [-0.3, -0.25) is 15.0 Å². The summed E-state index contributed by atoms with van der Waals surface area (Å²) < 4.78 is 5.83. The molecule has 1 aliphatic heterocycles. The van der Waals surface area contributed by atoms with Crippen LogP contribution < -0.4 is 0 Å². The first-order valence-electron chi connectivity index (χ1n) is 6.75. The maximum absolute atomic E-state index is 10.9. The van der Waals surface area contributed by atoms with Gasteiger partial charge in [0.25, 0.3) is 5.69 Å². The first-order valence-corrected chi connectivity index (χ1v) is 7.54. The van der Waals surface area contributed by atoms with Crippen LogP contribution in [0.15, 0.2) is 22.7 Å². The second-order valence-corrected chi connectivity index (χ2v) is 6.00. The number of piperidine rings is 1. The molecule has 0 aliphatic carbocycles. The Balaban J connectivity index is 2.06. The lowest BCUT2D eigenvalue weighted by molar-refractivity contribution is -0.385. The fourth-order valence-corrected chi connectivity index (χ4v) is 3.27. The Labute approximate surface area is 127 Å². The minimum absolute atomic E-state index is 0.132. The van der Waals surface area contributed by atoms with Crippen molar-refractivity contribution in [2.75, 3.05) is 26.8 Å². The zero-order valence-corrected chi connectivity index (χ0v) is 13.1. The number of nitro benzene ring substituents is 1. The van der Waals surface area contributed by atoms with Gasteiger partial charge in [0.15, 0.2) is 0 Å². The molecule has 0 aromatic heterocycles. The van der Waals surface area contributed by atoms with E-state index in [2.05, 4.69) is 20.8 Å². The number of ether oxygens (including phenoxy) is 1. The molecule has 1 aliphatic rings. The fraction of sp³-hybridized carbons (Fsp3) is 0.571. The monoisotopic (exact) mass is 342 g/mol. The van der Waals surface area contributed by atoms with Gasteiger partial charge in [-0.25, -0.2) is 0 Å². The molecule has 1 aromatic carbocycles. The van der Waals surface area contributed by atoms with Crippen LogP contribution in [0.3, 0.4) is 0 Å². The van der Waals surface area contributed by atoms with Crippen LogP contribution in [0.25, 0.3) is 0 Å². The third-order valence-corrected chi connectivity index (χ3v) is 4.57. The van der Waals surface area contributed by atoms with Gasteiger partial charge in [0.2, 0.25) is 0 Å². The highest BCUT2D eigenvalue weighted by Gasteiger charge is 2.22. The van der Waals surface area contributed by atoms with Crippen molar-refractivity contribution in [3.05, 3.63) is 38.3 Å². The van der Waals surface area contributed by atoms with Gasteiger partial charge in [-0.15, -0.1) is 0 Å². The summed E-state index contributed by atoms with van der Waals surface area (Å²) in [5.41, 5.74) is 1.10. The highest BCUT2D eigenvalue weighted by atomic mass is 79.9. The second-order valence-electron chi connectivity index (χ2n) is 5.21. The Kier molecular flexibility index (Phi) is 5.51. The number of likely N-dealkylation sites (tertiary alicyclic amines) is 1. The van der Waals surface area contributed by atoms with Gasteiger partial charge < -0.3 is 4.74 Å². The largest absolute Gasteiger partial charge is 0.384 e. The van der Waals surface area contributed by atoms with E-state index in [-0.39, 0.29) is 10.6 Å². The van der Waals surface area contributed by atoms with E-state index >= 15 is 0 Å². The fourth-order valence-electron chi connectivity index (χ4n) is 2.74. The van der Waals surface area contributed by atoms with Crippen LogP contribution in [0.1, 0.15) is 18.4 Å². The van der Waals surface area contributed by atoms with Gasteiger partial charge in [0.05, 0.1) is 16.0 Å². The quantitative estimate of drug-likeness (QED) is 0.609. The number of hydrogen-bond donors (Lipinski definition) is 0. The topological polar surface area (TPSA) is 55.6 Å². The van der Waals surface area contributed by atoms with E-state index in [1.54, 1.807) is 13.2 Å². The van der Waals surface area contributed by atoms with Crippen molar-refractivity contribution in [2.24, 2.45) is 5.92 Å². The molecule has 1 saturated heterocycles. The number of methoxy groups -OCH3 is 1. The summed E-state index contributed by atoms with van der Waals surface area (Å²) in [6.45, 7) is 3.55. The Bertz CT molecular complexity index is 479. The van der Waals surface area contributed by atoms with Crippen molar-refractivity contribution in [2.45, 2.75) is 19.4 Å². The average Bonchev–Trinajstić information content (AvgIpc) is 2.42. The highest BCUT2D eigenvalue weighted by Crippen LogP contribution is 2.30. The average molecular weight is 343 g/mol. The molecule has 1 aromatic rings. The molecule has 20 heavy (non-hydrogen) atoms. The summed E-state index contributed by atoms with van der Waals surface area (Å²) in [6.07, 6.45) is 2.35. The molecule has 110 valence electrons. The van der Waals surface area contributed by atoms with Gasteiger partial charge in [-0.1, -0.05) is 12.1 Å². The lowest BCUT2D eigenvalue weighted by Gasteiger charge is -2.32. The molecule has 0 bridgehead atoms.